The smallest absolute Gasteiger partial charge is 0.253 e. The molecule has 0 aliphatic carbocycles. The second-order valence-corrected chi connectivity index (χ2v) is 9.91. The molecule has 0 spiro atoms. The summed E-state index contributed by atoms with van der Waals surface area (Å²) in [7, 11) is 3.79. The van der Waals surface area contributed by atoms with E-state index in [1.807, 2.05) is 54.6 Å². The molecule has 9 heteroatoms. The highest BCUT2D eigenvalue weighted by Gasteiger charge is 2.22. The molecule has 3 aromatic heterocycles. The Hall–Kier alpha value is -4.76. The summed E-state index contributed by atoms with van der Waals surface area (Å²) >= 11 is 0. The summed E-state index contributed by atoms with van der Waals surface area (Å²) in [5, 5.41) is 4.07. The van der Waals surface area contributed by atoms with Gasteiger partial charge in [-0.1, -0.05) is 18.2 Å². The lowest BCUT2D eigenvalue weighted by atomic mass is 10.0. The zero-order valence-corrected chi connectivity index (χ0v) is 22.6. The predicted molar refractivity (Wildman–Crippen MR) is 158 cm³/mol. The number of benzene rings is 2. The number of nitrogens with zero attached hydrogens (tertiary/aromatic N) is 6. The Morgan fingerprint density at radius 3 is 2.35 bits per heavy atom. The Labute approximate surface area is 232 Å². The van der Waals surface area contributed by atoms with Gasteiger partial charge in [-0.05, 0) is 67.2 Å². The van der Waals surface area contributed by atoms with Crippen molar-refractivity contribution < 1.29 is 4.74 Å². The average molecular weight is 534 g/mol. The van der Waals surface area contributed by atoms with E-state index in [0.29, 0.717) is 11.6 Å². The molecule has 1 saturated heterocycles. The van der Waals surface area contributed by atoms with Crippen LogP contribution in [0.4, 0.5) is 17.3 Å². The molecular formula is C31H31N7O2. The van der Waals surface area contributed by atoms with Crippen molar-refractivity contribution in [2.75, 3.05) is 50.6 Å². The quantitative estimate of drug-likeness (QED) is 0.331. The van der Waals surface area contributed by atoms with E-state index < -0.39 is 6.04 Å². The molecule has 1 aliphatic heterocycles. The van der Waals surface area contributed by atoms with Crippen molar-refractivity contribution in [2.24, 2.45) is 0 Å². The molecule has 40 heavy (non-hydrogen) atoms. The number of aromatic nitrogens is 4. The van der Waals surface area contributed by atoms with Crippen molar-refractivity contribution in [3.8, 4) is 5.75 Å². The molecule has 4 heterocycles. The molecular weight excluding hydrogens is 502 g/mol. The fourth-order valence-corrected chi connectivity index (χ4v) is 5.07. The second-order valence-electron chi connectivity index (χ2n) is 9.91. The van der Waals surface area contributed by atoms with Crippen molar-refractivity contribution in [2.45, 2.75) is 6.04 Å². The van der Waals surface area contributed by atoms with Crippen LogP contribution < -0.4 is 20.5 Å². The fourth-order valence-electron chi connectivity index (χ4n) is 5.07. The van der Waals surface area contributed by atoms with Gasteiger partial charge in [0.25, 0.3) is 5.56 Å². The number of ether oxygens (including phenoxy) is 1. The molecule has 1 N–H and O–H groups in total. The molecule has 9 nitrogen and oxygen atoms in total. The third kappa shape index (κ3) is 5.23. The van der Waals surface area contributed by atoms with Crippen LogP contribution >= 0.6 is 0 Å². The molecule has 1 fully saturated rings. The van der Waals surface area contributed by atoms with Crippen LogP contribution in [0.3, 0.4) is 0 Å². The van der Waals surface area contributed by atoms with Crippen molar-refractivity contribution in [1.29, 1.82) is 0 Å². The number of rotatable bonds is 7. The van der Waals surface area contributed by atoms with Crippen LogP contribution in [-0.4, -0.2) is 64.8 Å². The predicted octanol–water partition coefficient (Wildman–Crippen LogP) is 4.33. The highest BCUT2D eigenvalue weighted by Crippen LogP contribution is 2.29. The van der Waals surface area contributed by atoms with Crippen LogP contribution in [0.25, 0.3) is 11.0 Å². The van der Waals surface area contributed by atoms with E-state index in [2.05, 4.69) is 44.3 Å². The van der Waals surface area contributed by atoms with Gasteiger partial charge in [0.15, 0.2) is 0 Å². The summed E-state index contributed by atoms with van der Waals surface area (Å²) in [6, 6.07) is 24.5. The van der Waals surface area contributed by atoms with Gasteiger partial charge < -0.3 is 19.9 Å². The molecule has 0 saturated carbocycles. The topological polar surface area (TPSA) is 88.4 Å². The lowest BCUT2D eigenvalue weighted by Crippen LogP contribution is -2.44. The zero-order chi connectivity index (χ0) is 27.5. The number of piperazine rings is 1. The highest BCUT2D eigenvalue weighted by molar-refractivity contribution is 5.76. The van der Waals surface area contributed by atoms with Gasteiger partial charge in [0.2, 0.25) is 5.95 Å². The lowest BCUT2D eigenvalue weighted by molar-refractivity contribution is 0.313. The first-order valence-corrected chi connectivity index (χ1v) is 13.3. The number of hydrogen-bond acceptors (Lipinski definition) is 8. The summed E-state index contributed by atoms with van der Waals surface area (Å²) in [6.45, 7) is 4.14. The van der Waals surface area contributed by atoms with E-state index in [1.165, 1.54) is 5.69 Å². The van der Waals surface area contributed by atoms with E-state index in [4.69, 9.17) is 9.72 Å². The first kappa shape index (κ1) is 25.5. The number of likely N-dealkylation sites (N-methyl/N-ethyl adjacent to an activating group) is 1. The maximum atomic E-state index is 13.4. The summed E-state index contributed by atoms with van der Waals surface area (Å²) < 4.78 is 7.04. The zero-order valence-electron chi connectivity index (χ0n) is 22.6. The number of methoxy groups -OCH3 is 1. The first-order chi connectivity index (χ1) is 19.6. The number of pyridine rings is 2. The fraction of sp³-hybridized carbons (Fsp3) is 0.226. The largest absolute Gasteiger partial charge is 0.497 e. The number of fused-ring (bicyclic) bond motifs is 1. The SMILES string of the molecule is COc1ccc(C(c2ccccn2)n2c(=O)ccc3cnc(Nc4ccc(N5CCN(C)CC5)cc4)nc32)cc1. The third-order valence-corrected chi connectivity index (χ3v) is 7.32. The maximum absolute atomic E-state index is 13.4. The minimum absolute atomic E-state index is 0.180. The minimum Gasteiger partial charge on any atom is -0.497 e. The Morgan fingerprint density at radius 1 is 0.875 bits per heavy atom. The first-order valence-electron chi connectivity index (χ1n) is 13.3. The maximum Gasteiger partial charge on any atom is 0.253 e. The molecule has 202 valence electrons. The lowest BCUT2D eigenvalue weighted by Gasteiger charge is -2.34. The van der Waals surface area contributed by atoms with Crippen molar-refractivity contribution in [1.82, 2.24) is 24.4 Å². The van der Waals surface area contributed by atoms with Crippen LogP contribution in [0.2, 0.25) is 0 Å². The van der Waals surface area contributed by atoms with Crippen LogP contribution in [0.15, 0.2) is 96.1 Å². The Bertz CT molecular complexity index is 1650. The van der Waals surface area contributed by atoms with Crippen molar-refractivity contribution in [3.63, 3.8) is 0 Å². The van der Waals surface area contributed by atoms with E-state index in [9.17, 15) is 4.79 Å². The Morgan fingerprint density at radius 2 is 1.65 bits per heavy atom. The Balaban J connectivity index is 1.37. The van der Waals surface area contributed by atoms with E-state index in [1.54, 1.807) is 36.2 Å². The van der Waals surface area contributed by atoms with Crippen molar-refractivity contribution in [3.05, 3.63) is 113 Å². The van der Waals surface area contributed by atoms with Gasteiger partial charge in [-0.25, -0.2) is 4.98 Å². The van der Waals surface area contributed by atoms with Gasteiger partial charge in [0, 0.05) is 61.4 Å². The van der Waals surface area contributed by atoms with Gasteiger partial charge in [-0.15, -0.1) is 0 Å². The monoisotopic (exact) mass is 533 g/mol. The van der Waals surface area contributed by atoms with Gasteiger partial charge in [0.1, 0.15) is 17.4 Å². The van der Waals surface area contributed by atoms with Gasteiger partial charge in [0.05, 0.1) is 12.8 Å². The molecule has 6 rings (SSSR count). The van der Waals surface area contributed by atoms with Crippen molar-refractivity contribution >= 4 is 28.4 Å². The van der Waals surface area contributed by atoms with Crippen LogP contribution in [-0.2, 0) is 0 Å². The van der Waals surface area contributed by atoms with Crippen LogP contribution in [0, 0.1) is 0 Å². The summed E-state index contributed by atoms with van der Waals surface area (Å²) in [6.07, 6.45) is 3.47. The molecule has 2 aromatic carbocycles. The van der Waals surface area contributed by atoms with Crippen LogP contribution in [0.5, 0.6) is 5.75 Å². The minimum atomic E-state index is -0.492. The molecule has 1 unspecified atom stereocenters. The molecule has 1 aliphatic rings. The van der Waals surface area contributed by atoms with Gasteiger partial charge in [-0.2, -0.15) is 4.98 Å². The van der Waals surface area contributed by atoms with Gasteiger partial charge >= 0.3 is 0 Å². The highest BCUT2D eigenvalue weighted by atomic mass is 16.5. The van der Waals surface area contributed by atoms with Crippen LogP contribution in [0.1, 0.15) is 17.3 Å². The molecule has 0 bridgehead atoms. The molecule has 1 atom stereocenters. The third-order valence-electron chi connectivity index (χ3n) is 7.32. The molecule has 5 aromatic rings. The number of nitrogens with one attached hydrogen (secondary N) is 1. The number of hydrogen-bond donors (Lipinski definition) is 1. The summed E-state index contributed by atoms with van der Waals surface area (Å²) in [5.74, 6) is 1.15. The summed E-state index contributed by atoms with van der Waals surface area (Å²) in [5.41, 5.74) is 4.03. The number of anilines is 3. The average Bonchev–Trinajstić information content (AvgIpc) is 3.00. The van der Waals surface area contributed by atoms with E-state index in [0.717, 1.165) is 54.3 Å². The Kier molecular flexibility index (Phi) is 7.11. The molecule has 0 amide bonds. The summed E-state index contributed by atoms with van der Waals surface area (Å²) in [4.78, 5) is 32.2. The normalized spacial score (nSPS) is 14.7. The molecule has 0 radical (unpaired) electrons. The second kappa shape index (κ2) is 11.2. The van der Waals surface area contributed by atoms with E-state index >= 15 is 0 Å². The van der Waals surface area contributed by atoms with Gasteiger partial charge in [-0.3, -0.25) is 14.3 Å². The standard InChI is InChI=1S/C31H31N7O2/c1-36-17-19-37(20-18-36)25-11-9-24(10-12-25)34-31-33-21-23-8-15-28(39)38(30(23)35-31)29(27-5-3-4-16-32-27)22-6-13-26(40-2)14-7-22/h3-16,21,29H,17-20H2,1-2H3,(H,33,34,35). The van der Waals surface area contributed by atoms with E-state index in [-0.39, 0.29) is 5.56 Å².